The van der Waals surface area contributed by atoms with Crippen molar-refractivity contribution in [3.63, 3.8) is 0 Å². The molecule has 1 aliphatic heterocycles. The molecule has 1 fully saturated rings. The average Bonchev–Trinajstić information content (AvgIpc) is 2.38. The van der Waals surface area contributed by atoms with E-state index in [0.717, 1.165) is 25.8 Å². The number of likely N-dealkylation sites (tertiary alicyclic amines) is 1. The SMILES string of the molecule is C=CN1CCCCC(CCCC)C1=O. The van der Waals surface area contributed by atoms with Crippen LogP contribution in [0.5, 0.6) is 0 Å². The highest BCUT2D eigenvalue weighted by Gasteiger charge is 2.24. The smallest absolute Gasteiger partial charge is 0.229 e. The molecular weight excluding hydrogens is 174 g/mol. The molecule has 1 aliphatic rings. The summed E-state index contributed by atoms with van der Waals surface area (Å²) in [5.41, 5.74) is 0. The van der Waals surface area contributed by atoms with Crippen LogP contribution >= 0.6 is 0 Å². The van der Waals surface area contributed by atoms with Gasteiger partial charge in [-0.15, -0.1) is 0 Å². The summed E-state index contributed by atoms with van der Waals surface area (Å²) in [7, 11) is 0. The number of amides is 1. The Morgan fingerprint density at radius 2 is 2.36 bits per heavy atom. The van der Waals surface area contributed by atoms with Gasteiger partial charge in [-0.3, -0.25) is 4.79 Å². The molecule has 0 aromatic heterocycles. The lowest BCUT2D eigenvalue weighted by Gasteiger charge is -2.20. The van der Waals surface area contributed by atoms with E-state index < -0.39 is 0 Å². The van der Waals surface area contributed by atoms with E-state index >= 15 is 0 Å². The summed E-state index contributed by atoms with van der Waals surface area (Å²) in [6, 6.07) is 0. The summed E-state index contributed by atoms with van der Waals surface area (Å²) in [5, 5.41) is 0. The molecule has 0 aromatic rings. The lowest BCUT2D eigenvalue weighted by atomic mass is 9.96. The number of carbonyl (C=O) groups excluding carboxylic acids is 1. The van der Waals surface area contributed by atoms with Gasteiger partial charge in [0.2, 0.25) is 5.91 Å². The molecule has 1 heterocycles. The quantitative estimate of drug-likeness (QED) is 0.675. The van der Waals surface area contributed by atoms with Crippen molar-refractivity contribution in [2.45, 2.75) is 45.4 Å². The first kappa shape index (κ1) is 11.3. The second-order valence-corrected chi connectivity index (χ2v) is 4.05. The van der Waals surface area contributed by atoms with E-state index in [-0.39, 0.29) is 5.92 Å². The van der Waals surface area contributed by atoms with Gasteiger partial charge in [0, 0.05) is 12.5 Å². The molecular formula is C12H21NO. The summed E-state index contributed by atoms with van der Waals surface area (Å²) in [6.45, 7) is 6.74. The molecule has 0 bridgehead atoms. The number of hydrogen-bond acceptors (Lipinski definition) is 1. The van der Waals surface area contributed by atoms with E-state index in [0.29, 0.717) is 5.91 Å². The highest BCUT2D eigenvalue weighted by molar-refractivity contribution is 5.79. The first-order valence-electron chi connectivity index (χ1n) is 5.72. The van der Waals surface area contributed by atoms with Crippen LogP contribution in [0.25, 0.3) is 0 Å². The van der Waals surface area contributed by atoms with Gasteiger partial charge in [0.05, 0.1) is 0 Å². The standard InChI is InChI=1S/C12H21NO/c1-3-5-8-11-9-6-7-10-13(4-2)12(11)14/h4,11H,2-3,5-10H2,1H3. The Labute approximate surface area is 87.0 Å². The third kappa shape index (κ3) is 2.86. The van der Waals surface area contributed by atoms with Crippen LogP contribution in [0.4, 0.5) is 0 Å². The Morgan fingerprint density at radius 3 is 3.00 bits per heavy atom. The monoisotopic (exact) mass is 195 g/mol. The Hall–Kier alpha value is -0.790. The second-order valence-electron chi connectivity index (χ2n) is 4.05. The molecule has 1 rings (SSSR count). The highest BCUT2D eigenvalue weighted by atomic mass is 16.2. The van der Waals surface area contributed by atoms with Gasteiger partial charge in [-0.1, -0.05) is 32.8 Å². The van der Waals surface area contributed by atoms with Crippen LogP contribution < -0.4 is 0 Å². The van der Waals surface area contributed by atoms with Crippen LogP contribution in [-0.2, 0) is 4.79 Å². The Bertz CT molecular complexity index is 200. The van der Waals surface area contributed by atoms with Gasteiger partial charge in [-0.25, -0.2) is 0 Å². The number of nitrogens with zero attached hydrogens (tertiary/aromatic N) is 1. The van der Waals surface area contributed by atoms with Gasteiger partial charge in [0.25, 0.3) is 0 Å². The Balaban J connectivity index is 2.53. The first-order chi connectivity index (χ1) is 6.79. The highest BCUT2D eigenvalue weighted by Crippen LogP contribution is 2.22. The van der Waals surface area contributed by atoms with Crippen LogP contribution in [0.2, 0.25) is 0 Å². The Kier molecular flexibility index (Phi) is 4.71. The van der Waals surface area contributed by atoms with Gasteiger partial charge in [-0.2, -0.15) is 0 Å². The summed E-state index contributed by atoms with van der Waals surface area (Å²) in [4.78, 5) is 13.7. The van der Waals surface area contributed by atoms with Crippen molar-refractivity contribution < 1.29 is 4.79 Å². The fourth-order valence-electron chi connectivity index (χ4n) is 2.04. The van der Waals surface area contributed by atoms with Crippen LogP contribution in [0.3, 0.4) is 0 Å². The number of hydrogen-bond donors (Lipinski definition) is 0. The van der Waals surface area contributed by atoms with Gasteiger partial charge >= 0.3 is 0 Å². The molecule has 0 spiro atoms. The summed E-state index contributed by atoms with van der Waals surface area (Å²) in [6.07, 6.45) is 8.47. The maximum Gasteiger partial charge on any atom is 0.229 e. The predicted octanol–water partition coefficient (Wildman–Crippen LogP) is 2.95. The van der Waals surface area contributed by atoms with E-state index in [2.05, 4.69) is 13.5 Å². The fourth-order valence-corrected chi connectivity index (χ4v) is 2.04. The predicted molar refractivity (Wildman–Crippen MR) is 58.8 cm³/mol. The zero-order valence-corrected chi connectivity index (χ0v) is 9.17. The van der Waals surface area contributed by atoms with Gasteiger partial charge in [-0.05, 0) is 25.5 Å². The lowest BCUT2D eigenvalue weighted by Crippen LogP contribution is -2.30. The molecule has 1 saturated heterocycles. The summed E-state index contributed by atoms with van der Waals surface area (Å²) < 4.78 is 0. The minimum absolute atomic E-state index is 0.260. The number of unbranched alkanes of at least 4 members (excludes halogenated alkanes) is 1. The molecule has 0 aliphatic carbocycles. The molecule has 2 heteroatoms. The van der Waals surface area contributed by atoms with Crippen LogP contribution in [0, 0.1) is 5.92 Å². The third-order valence-corrected chi connectivity index (χ3v) is 2.96. The number of carbonyl (C=O) groups is 1. The minimum atomic E-state index is 0.260. The number of rotatable bonds is 4. The molecule has 1 unspecified atom stereocenters. The van der Waals surface area contributed by atoms with Crippen molar-refractivity contribution in [3.8, 4) is 0 Å². The topological polar surface area (TPSA) is 20.3 Å². The normalized spacial score (nSPS) is 23.4. The van der Waals surface area contributed by atoms with Gasteiger partial charge in [0.1, 0.15) is 0 Å². The van der Waals surface area contributed by atoms with E-state index in [9.17, 15) is 4.79 Å². The van der Waals surface area contributed by atoms with Crippen molar-refractivity contribution in [3.05, 3.63) is 12.8 Å². The average molecular weight is 195 g/mol. The van der Waals surface area contributed by atoms with E-state index in [1.807, 2.05) is 0 Å². The molecule has 2 nitrogen and oxygen atoms in total. The van der Waals surface area contributed by atoms with Crippen molar-refractivity contribution >= 4 is 5.91 Å². The van der Waals surface area contributed by atoms with Gasteiger partial charge < -0.3 is 4.90 Å². The van der Waals surface area contributed by atoms with E-state index in [4.69, 9.17) is 0 Å². The zero-order chi connectivity index (χ0) is 10.4. The van der Waals surface area contributed by atoms with Crippen LogP contribution in [0.15, 0.2) is 12.8 Å². The third-order valence-electron chi connectivity index (χ3n) is 2.96. The summed E-state index contributed by atoms with van der Waals surface area (Å²) >= 11 is 0. The van der Waals surface area contributed by atoms with Crippen molar-refractivity contribution in [2.75, 3.05) is 6.54 Å². The fraction of sp³-hybridized carbons (Fsp3) is 0.750. The molecule has 14 heavy (non-hydrogen) atoms. The van der Waals surface area contributed by atoms with Crippen LogP contribution in [0.1, 0.15) is 45.4 Å². The van der Waals surface area contributed by atoms with E-state index in [1.54, 1.807) is 11.1 Å². The minimum Gasteiger partial charge on any atom is -0.319 e. The largest absolute Gasteiger partial charge is 0.319 e. The van der Waals surface area contributed by atoms with Gasteiger partial charge in [0.15, 0.2) is 0 Å². The molecule has 0 radical (unpaired) electrons. The van der Waals surface area contributed by atoms with Crippen molar-refractivity contribution in [2.24, 2.45) is 5.92 Å². The van der Waals surface area contributed by atoms with E-state index in [1.165, 1.54) is 19.3 Å². The second kappa shape index (κ2) is 5.84. The molecule has 0 aromatic carbocycles. The maximum atomic E-state index is 11.9. The van der Waals surface area contributed by atoms with Crippen molar-refractivity contribution in [1.29, 1.82) is 0 Å². The molecule has 1 amide bonds. The van der Waals surface area contributed by atoms with Crippen molar-refractivity contribution in [1.82, 2.24) is 4.90 Å². The lowest BCUT2D eigenvalue weighted by molar-refractivity contribution is -0.132. The van der Waals surface area contributed by atoms with Crippen LogP contribution in [-0.4, -0.2) is 17.4 Å². The molecule has 80 valence electrons. The Morgan fingerprint density at radius 1 is 1.57 bits per heavy atom. The molecule has 0 N–H and O–H groups in total. The molecule has 0 saturated carbocycles. The molecule has 1 atom stereocenters. The maximum absolute atomic E-state index is 11.9. The first-order valence-corrected chi connectivity index (χ1v) is 5.72. The zero-order valence-electron chi connectivity index (χ0n) is 9.17. The summed E-state index contributed by atoms with van der Waals surface area (Å²) in [5.74, 6) is 0.557.